The maximum atomic E-state index is 5.56. The van der Waals surface area contributed by atoms with Crippen molar-refractivity contribution in [3.8, 4) is 0 Å². The van der Waals surface area contributed by atoms with Crippen LogP contribution in [0.5, 0.6) is 0 Å². The molecule has 0 aromatic heterocycles. The highest BCUT2D eigenvalue weighted by molar-refractivity contribution is 5.47. The van der Waals surface area contributed by atoms with E-state index >= 15 is 0 Å². The first-order valence-corrected chi connectivity index (χ1v) is 5.64. The average molecular weight is 219 g/mol. The zero-order valence-corrected chi connectivity index (χ0v) is 9.73. The molecule has 0 amide bonds. The number of hydrogen-bond acceptors (Lipinski definition) is 3. The highest BCUT2D eigenvalue weighted by Gasteiger charge is 2.03. The summed E-state index contributed by atoms with van der Waals surface area (Å²) < 4.78 is 0. The molecule has 0 unspecified atom stereocenters. The van der Waals surface area contributed by atoms with E-state index in [2.05, 4.69) is 35.7 Å². The molecule has 0 saturated carbocycles. The Bertz CT molecular complexity index is 299. The van der Waals surface area contributed by atoms with Gasteiger partial charge in [-0.2, -0.15) is 0 Å². The Morgan fingerprint density at radius 3 is 2.06 bits per heavy atom. The van der Waals surface area contributed by atoms with E-state index in [1.165, 1.54) is 5.56 Å². The third-order valence-electron chi connectivity index (χ3n) is 2.51. The van der Waals surface area contributed by atoms with Crippen LogP contribution >= 0.6 is 0 Å². The smallest absolute Gasteiger partial charge is 0.0234 e. The fourth-order valence-electron chi connectivity index (χ4n) is 1.65. The van der Waals surface area contributed by atoms with E-state index < -0.39 is 0 Å². The zero-order chi connectivity index (χ0) is 11.8. The Balaban J connectivity index is 2.58. The molecule has 0 heterocycles. The Morgan fingerprint density at radius 1 is 1.06 bits per heavy atom. The molecule has 0 fully saturated rings. The second kappa shape index (κ2) is 7.17. The van der Waals surface area contributed by atoms with Gasteiger partial charge in [-0.1, -0.05) is 36.9 Å². The maximum Gasteiger partial charge on any atom is 0.0234 e. The van der Waals surface area contributed by atoms with Crippen molar-refractivity contribution in [2.75, 3.05) is 26.2 Å². The van der Waals surface area contributed by atoms with E-state index in [9.17, 15) is 0 Å². The highest BCUT2D eigenvalue weighted by Crippen LogP contribution is 2.08. The molecule has 0 aliphatic rings. The van der Waals surface area contributed by atoms with Gasteiger partial charge in [-0.3, -0.25) is 4.90 Å². The summed E-state index contributed by atoms with van der Waals surface area (Å²) in [4.78, 5) is 2.27. The minimum atomic E-state index is 0.671. The standard InChI is InChI=1S/C13H21N3/c1-2-12-3-5-13(6-4-12)11-16(9-7-14)10-8-15/h2-6H,1,7-11,14-15H2. The molecule has 1 aromatic carbocycles. The van der Waals surface area contributed by atoms with Crippen molar-refractivity contribution in [1.29, 1.82) is 0 Å². The fourth-order valence-corrected chi connectivity index (χ4v) is 1.65. The minimum Gasteiger partial charge on any atom is -0.329 e. The summed E-state index contributed by atoms with van der Waals surface area (Å²) in [7, 11) is 0. The molecular weight excluding hydrogens is 198 g/mol. The maximum absolute atomic E-state index is 5.56. The van der Waals surface area contributed by atoms with Crippen LogP contribution in [-0.2, 0) is 6.54 Å². The predicted molar refractivity (Wildman–Crippen MR) is 69.9 cm³/mol. The van der Waals surface area contributed by atoms with Crippen LogP contribution in [-0.4, -0.2) is 31.1 Å². The normalized spacial score (nSPS) is 10.7. The van der Waals surface area contributed by atoms with Crippen molar-refractivity contribution in [2.24, 2.45) is 11.5 Å². The summed E-state index contributed by atoms with van der Waals surface area (Å²) in [6.07, 6.45) is 1.85. The minimum absolute atomic E-state index is 0.671. The molecule has 0 spiro atoms. The molecular formula is C13H21N3. The Morgan fingerprint density at radius 2 is 1.62 bits per heavy atom. The second-order valence-corrected chi connectivity index (χ2v) is 3.80. The predicted octanol–water partition coefficient (Wildman–Crippen LogP) is 1.05. The van der Waals surface area contributed by atoms with Crippen LogP contribution < -0.4 is 11.5 Å². The third-order valence-corrected chi connectivity index (χ3v) is 2.51. The van der Waals surface area contributed by atoms with Gasteiger partial charge in [-0.25, -0.2) is 0 Å². The summed E-state index contributed by atoms with van der Waals surface area (Å²) in [5, 5.41) is 0. The molecule has 3 nitrogen and oxygen atoms in total. The van der Waals surface area contributed by atoms with Gasteiger partial charge >= 0.3 is 0 Å². The number of nitrogens with two attached hydrogens (primary N) is 2. The summed E-state index contributed by atoms with van der Waals surface area (Å²) in [5.41, 5.74) is 13.6. The second-order valence-electron chi connectivity index (χ2n) is 3.80. The van der Waals surface area contributed by atoms with E-state index in [1.54, 1.807) is 0 Å². The van der Waals surface area contributed by atoms with Gasteiger partial charge in [0.25, 0.3) is 0 Å². The van der Waals surface area contributed by atoms with Gasteiger partial charge in [-0.05, 0) is 11.1 Å². The van der Waals surface area contributed by atoms with Crippen molar-refractivity contribution in [2.45, 2.75) is 6.54 Å². The quantitative estimate of drug-likeness (QED) is 0.720. The first-order valence-electron chi connectivity index (χ1n) is 5.64. The van der Waals surface area contributed by atoms with Gasteiger partial charge in [-0.15, -0.1) is 0 Å². The van der Waals surface area contributed by atoms with Gasteiger partial charge in [0, 0.05) is 32.7 Å². The van der Waals surface area contributed by atoms with Gasteiger partial charge in [0.15, 0.2) is 0 Å². The Kier molecular flexibility index (Phi) is 5.78. The first-order chi connectivity index (χ1) is 7.80. The van der Waals surface area contributed by atoms with Crippen LogP contribution in [0.2, 0.25) is 0 Å². The van der Waals surface area contributed by atoms with Crippen LogP contribution in [0.15, 0.2) is 30.8 Å². The average Bonchev–Trinajstić information content (AvgIpc) is 2.31. The fraction of sp³-hybridized carbons (Fsp3) is 0.385. The molecule has 16 heavy (non-hydrogen) atoms. The summed E-state index contributed by atoms with van der Waals surface area (Å²) >= 11 is 0. The highest BCUT2D eigenvalue weighted by atomic mass is 15.1. The van der Waals surface area contributed by atoms with Crippen molar-refractivity contribution >= 4 is 6.08 Å². The lowest BCUT2D eigenvalue weighted by atomic mass is 10.1. The topological polar surface area (TPSA) is 55.3 Å². The largest absolute Gasteiger partial charge is 0.329 e. The van der Waals surface area contributed by atoms with Crippen molar-refractivity contribution in [3.63, 3.8) is 0 Å². The number of benzene rings is 1. The Hall–Kier alpha value is -1.16. The molecule has 3 heteroatoms. The lowest BCUT2D eigenvalue weighted by Gasteiger charge is -2.20. The summed E-state index contributed by atoms with van der Waals surface area (Å²) in [6.45, 7) is 7.77. The lowest BCUT2D eigenvalue weighted by Crippen LogP contribution is -2.33. The van der Waals surface area contributed by atoms with Gasteiger partial charge in [0.2, 0.25) is 0 Å². The summed E-state index contributed by atoms with van der Waals surface area (Å²) in [5.74, 6) is 0. The van der Waals surface area contributed by atoms with Crippen molar-refractivity contribution in [1.82, 2.24) is 4.90 Å². The molecule has 88 valence electrons. The number of nitrogens with zero attached hydrogens (tertiary/aromatic N) is 1. The molecule has 0 saturated heterocycles. The van der Waals surface area contributed by atoms with Gasteiger partial charge < -0.3 is 11.5 Å². The summed E-state index contributed by atoms with van der Waals surface area (Å²) in [6, 6.07) is 8.39. The monoisotopic (exact) mass is 219 g/mol. The molecule has 0 bridgehead atoms. The van der Waals surface area contributed by atoms with Crippen LogP contribution in [0, 0.1) is 0 Å². The van der Waals surface area contributed by atoms with E-state index in [-0.39, 0.29) is 0 Å². The van der Waals surface area contributed by atoms with Crippen LogP contribution in [0.4, 0.5) is 0 Å². The number of hydrogen-bond donors (Lipinski definition) is 2. The molecule has 4 N–H and O–H groups in total. The molecule has 1 aromatic rings. The van der Waals surface area contributed by atoms with E-state index in [1.807, 2.05) is 6.08 Å². The van der Waals surface area contributed by atoms with Gasteiger partial charge in [0.05, 0.1) is 0 Å². The third kappa shape index (κ3) is 4.14. The van der Waals surface area contributed by atoms with Crippen LogP contribution in [0.1, 0.15) is 11.1 Å². The lowest BCUT2D eigenvalue weighted by molar-refractivity contribution is 0.281. The first kappa shape index (κ1) is 12.9. The van der Waals surface area contributed by atoms with E-state index in [0.29, 0.717) is 13.1 Å². The van der Waals surface area contributed by atoms with Crippen molar-refractivity contribution < 1.29 is 0 Å². The molecule has 0 aliphatic heterocycles. The molecule has 0 atom stereocenters. The van der Waals surface area contributed by atoms with Crippen LogP contribution in [0.25, 0.3) is 6.08 Å². The SMILES string of the molecule is C=Cc1ccc(CN(CCN)CCN)cc1. The zero-order valence-electron chi connectivity index (χ0n) is 9.73. The van der Waals surface area contributed by atoms with E-state index in [4.69, 9.17) is 11.5 Å². The molecule has 1 rings (SSSR count). The molecule has 0 radical (unpaired) electrons. The molecule has 0 aliphatic carbocycles. The van der Waals surface area contributed by atoms with Crippen molar-refractivity contribution in [3.05, 3.63) is 42.0 Å². The van der Waals surface area contributed by atoms with Gasteiger partial charge in [0.1, 0.15) is 0 Å². The van der Waals surface area contributed by atoms with Crippen LogP contribution in [0.3, 0.4) is 0 Å². The Labute approximate surface area is 97.7 Å². The van der Waals surface area contributed by atoms with E-state index in [0.717, 1.165) is 25.2 Å². The number of rotatable bonds is 7.